The second-order valence-corrected chi connectivity index (χ2v) is 7.06. The van der Waals surface area contributed by atoms with E-state index in [1.54, 1.807) is 0 Å². The fourth-order valence-corrected chi connectivity index (χ4v) is 3.18. The third-order valence-corrected chi connectivity index (χ3v) is 4.88. The Kier molecular flexibility index (Phi) is 5.69. The predicted octanol–water partition coefficient (Wildman–Crippen LogP) is 5.21. The normalized spacial score (nSPS) is 15.4. The molecule has 0 bridgehead atoms. The Morgan fingerprint density at radius 3 is 2.56 bits per heavy atom. The molecular formula is C19H17ClF4N2O. The molecule has 1 heterocycles. The lowest BCUT2D eigenvalue weighted by molar-refractivity contribution is -0.141. The van der Waals surface area contributed by atoms with Gasteiger partial charge < -0.3 is 5.32 Å². The number of aromatic nitrogens is 1. The zero-order valence-electron chi connectivity index (χ0n) is 14.2. The number of carbonyl (C=O) groups excluding carboxylic acids is 1. The van der Waals surface area contributed by atoms with Crippen molar-refractivity contribution in [3.8, 4) is 0 Å². The Morgan fingerprint density at radius 1 is 1.26 bits per heavy atom. The topological polar surface area (TPSA) is 42.0 Å². The fourth-order valence-electron chi connectivity index (χ4n) is 2.93. The molecule has 1 fully saturated rings. The highest BCUT2D eigenvalue weighted by Crippen LogP contribution is 2.38. The first-order chi connectivity index (χ1) is 12.8. The SMILES string of the molecule is O=C(NCC(CC1CC1)c1ccc(C(F)(F)F)nc1)c1c(F)cccc1Cl. The maximum absolute atomic E-state index is 13.9. The number of hydrogen-bond donors (Lipinski definition) is 1. The lowest BCUT2D eigenvalue weighted by Gasteiger charge is -2.19. The van der Waals surface area contributed by atoms with Gasteiger partial charge in [0, 0.05) is 18.7 Å². The second-order valence-electron chi connectivity index (χ2n) is 6.66. The molecule has 0 spiro atoms. The van der Waals surface area contributed by atoms with Crippen LogP contribution in [0, 0.1) is 11.7 Å². The molecule has 2 aromatic rings. The van der Waals surface area contributed by atoms with E-state index in [9.17, 15) is 22.4 Å². The minimum atomic E-state index is -4.50. The van der Waals surface area contributed by atoms with Crippen molar-refractivity contribution in [2.45, 2.75) is 31.4 Å². The number of pyridine rings is 1. The van der Waals surface area contributed by atoms with E-state index in [-0.39, 0.29) is 23.0 Å². The molecule has 0 radical (unpaired) electrons. The lowest BCUT2D eigenvalue weighted by atomic mass is 9.94. The quantitative estimate of drug-likeness (QED) is 0.676. The van der Waals surface area contributed by atoms with Crippen molar-refractivity contribution in [2.24, 2.45) is 5.92 Å². The molecule has 8 heteroatoms. The van der Waals surface area contributed by atoms with Crippen LogP contribution in [0.1, 0.15) is 46.8 Å². The van der Waals surface area contributed by atoms with Gasteiger partial charge in [-0.3, -0.25) is 9.78 Å². The molecule has 1 unspecified atom stereocenters. The van der Waals surface area contributed by atoms with Gasteiger partial charge in [-0.1, -0.05) is 36.6 Å². The van der Waals surface area contributed by atoms with Crippen LogP contribution in [0.2, 0.25) is 5.02 Å². The molecular weight excluding hydrogens is 384 g/mol. The van der Waals surface area contributed by atoms with Crippen LogP contribution < -0.4 is 5.32 Å². The molecule has 1 aliphatic rings. The summed E-state index contributed by atoms with van der Waals surface area (Å²) in [5.41, 5.74) is -0.594. The van der Waals surface area contributed by atoms with Gasteiger partial charge in [0.05, 0.1) is 10.6 Å². The number of carbonyl (C=O) groups is 1. The molecule has 1 atom stereocenters. The van der Waals surface area contributed by atoms with Gasteiger partial charge in [-0.15, -0.1) is 0 Å². The van der Waals surface area contributed by atoms with Crippen LogP contribution in [-0.2, 0) is 6.18 Å². The molecule has 1 saturated carbocycles. The Labute approximate surface area is 158 Å². The molecule has 1 aliphatic carbocycles. The van der Waals surface area contributed by atoms with E-state index in [4.69, 9.17) is 11.6 Å². The van der Waals surface area contributed by atoms with Crippen molar-refractivity contribution in [1.29, 1.82) is 0 Å². The highest BCUT2D eigenvalue weighted by molar-refractivity contribution is 6.33. The van der Waals surface area contributed by atoms with Gasteiger partial charge in [-0.05, 0) is 36.1 Å². The van der Waals surface area contributed by atoms with Crippen molar-refractivity contribution in [3.05, 3.63) is 64.2 Å². The zero-order valence-corrected chi connectivity index (χ0v) is 14.9. The summed E-state index contributed by atoms with van der Waals surface area (Å²) in [6.07, 6.45) is -0.480. The minimum absolute atomic E-state index is 0.00226. The summed E-state index contributed by atoms with van der Waals surface area (Å²) >= 11 is 5.89. The molecule has 0 aliphatic heterocycles. The monoisotopic (exact) mass is 400 g/mol. The second kappa shape index (κ2) is 7.84. The van der Waals surface area contributed by atoms with Crippen LogP contribution in [0.25, 0.3) is 0 Å². The third-order valence-electron chi connectivity index (χ3n) is 4.56. The minimum Gasteiger partial charge on any atom is -0.351 e. The first kappa shape index (κ1) is 19.6. The van der Waals surface area contributed by atoms with Gasteiger partial charge in [0.2, 0.25) is 0 Å². The number of nitrogens with one attached hydrogen (secondary N) is 1. The van der Waals surface area contributed by atoms with Gasteiger partial charge in [0.1, 0.15) is 11.5 Å². The first-order valence-electron chi connectivity index (χ1n) is 8.51. The predicted molar refractivity (Wildman–Crippen MR) is 93.1 cm³/mol. The summed E-state index contributed by atoms with van der Waals surface area (Å²) in [6.45, 7) is 0.160. The van der Waals surface area contributed by atoms with Crippen molar-refractivity contribution >= 4 is 17.5 Å². The molecule has 0 saturated heterocycles. The molecule has 1 aromatic heterocycles. The summed E-state index contributed by atoms with van der Waals surface area (Å²) in [5.74, 6) is -1.11. The smallest absolute Gasteiger partial charge is 0.351 e. The van der Waals surface area contributed by atoms with E-state index in [1.807, 2.05) is 0 Å². The number of nitrogens with zero attached hydrogens (tertiary/aromatic N) is 1. The maximum Gasteiger partial charge on any atom is 0.433 e. The summed E-state index contributed by atoms with van der Waals surface area (Å²) in [4.78, 5) is 15.8. The fraction of sp³-hybridized carbons (Fsp3) is 0.368. The molecule has 1 amide bonds. The highest BCUT2D eigenvalue weighted by atomic mass is 35.5. The van der Waals surface area contributed by atoms with Crippen LogP contribution in [0.5, 0.6) is 0 Å². The van der Waals surface area contributed by atoms with E-state index in [1.165, 1.54) is 24.4 Å². The Hall–Kier alpha value is -2.15. The van der Waals surface area contributed by atoms with Gasteiger partial charge >= 0.3 is 6.18 Å². The van der Waals surface area contributed by atoms with Crippen molar-refractivity contribution in [2.75, 3.05) is 6.54 Å². The van der Waals surface area contributed by atoms with Gasteiger partial charge in [0.15, 0.2) is 0 Å². The van der Waals surface area contributed by atoms with Gasteiger partial charge in [-0.2, -0.15) is 13.2 Å². The standard InChI is InChI=1S/C19H17ClF4N2O/c20-14-2-1-3-15(21)17(14)18(27)26-10-13(8-11-4-5-11)12-6-7-16(25-9-12)19(22,23)24/h1-3,6-7,9,11,13H,4-5,8,10H2,(H,26,27). The van der Waals surface area contributed by atoms with E-state index >= 15 is 0 Å². The van der Waals surface area contributed by atoms with Crippen LogP contribution in [0.4, 0.5) is 17.6 Å². The Bertz CT molecular complexity index is 799. The first-order valence-corrected chi connectivity index (χ1v) is 8.89. The van der Waals surface area contributed by atoms with Gasteiger partial charge in [-0.25, -0.2) is 4.39 Å². The van der Waals surface area contributed by atoms with E-state index in [0.717, 1.165) is 31.4 Å². The van der Waals surface area contributed by atoms with E-state index in [2.05, 4.69) is 10.3 Å². The van der Waals surface area contributed by atoms with Crippen LogP contribution in [0.3, 0.4) is 0 Å². The Morgan fingerprint density at radius 2 is 2.00 bits per heavy atom. The number of benzene rings is 1. The summed E-state index contributed by atoms with van der Waals surface area (Å²) in [5, 5.41) is 2.65. The Balaban J connectivity index is 1.73. The zero-order chi connectivity index (χ0) is 19.6. The summed E-state index contributed by atoms with van der Waals surface area (Å²) in [7, 11) is 0. The summed E-state index contributed by atoms with van der Waals surface area (Å²) in [6, 6.07) is 6.28. The van der Waals surface area contributed by atoms with Gasteiger partial charge in [0.25, 0.3) is 5.91 Å². The number of rotatable bonds is 6. The van der Waals surface area contributed by atoms with Crippen molar-refractivity contribution in [1.82, 2.24) is 10.3 Å². The highest BCUT2D eigenvalue weighted by Gasteiger charge is 2.33. The van der Waals surface area contributed by atoms with Crippen molar-refractivity contribution in [3.63, 3.8) is 0 Å². The third kappa shape index (κ3) is 4.97. The molecule has 144 valence electrons. The number of alkyl halides is 3. The molecule has 3 rings (SSSR count). The van der Waals surface area contributed by atoms with Crippen LogP contribution in [0.15, 0.2) is 36.5 Å². The average Bonchev–Trinajstić information content (AvgIpc) is 3.42. The number of amides is 1. The van der Waals surface area contributed by atoms with Crippen LogP contribution in [-0.4, -0.2) is 17.4 Å². The molecule has 1 N–H and O–H groups in total. The number of halogens is 5. The van der Waals surface area contributed by atoms with Crippen molar-refractivity contribution < 1.29 is 22.4 Å². The average molecular weight is 401 g/mol. The molecule has 1 aromatic carbocycles. The van der Waals surface area contributed by atoms with E-state index < -0.39 is 23.6 Å². The largest absolute Gasteiger partial charge is 0.433 e. The lowest BCUT2D eigenvalue weighted by Crippen LogP contribution is -2.29. The molecule has 3 nitrogen and oxygen atoms in total. The van der Waals surface area contributed by atoms with E-state index in [0.29, 0.717) is 11.5 Å². The van der Waals surface area contributed by atoms with Crippen LogP contribution >= 0.6 is 11.6 Å². The molecule has 27 heavy (non-hydrogen) atoms. The maximum atomic E-state index is 13.9. The summed E-state index contributed by atoms with van der Waals surface area (Å²) < 4.78 is 51.9. The number of hydrogen-bond acceptors (Lipinski definition) is 2.